The Morgan fingerprint density at radius 3 is 2.30 bits per heavy atom. The minimum Gasteiger partial charge on any atom is -0.317 e. The number of hydrogen-bond donors (Lipinski definition) is 0. The Bertz CT molecular complexity index is 609. The maximum Gasteiger partial charge on any atom is 0.0458 e. The van der Waals surface area contributed by atoms with Crippen LogP contribution in [-0.4, -0.2) is 0 Å². The summed E-state index contributed by atoms with van der Waals surface area (Å²) in [6.07, 6.45) is 9.72. The first kappa shape index (κ1) is 13.9. The first-order chi connectivity index (χ1) is 9.81. The van der Waals surface area contributed by atoms with Gasteiger partial charge in [0.25, 0.3) is 0 Å². The molecule has 100 valence electrons. The number of benzene rings is 2. The van der Waals surface area contributed by atoms with Crippen LogP contribution in [0.4, 0.5) is 11.4 Å². The molecule has 0 N–H and O–H groups in total. The van der Waals surface area contributed by atoms with Gasteiger partial charge in [-0.1, -0.05) is 55.1 Å². The molecule has 1 nitrogen and oxygen atoms in total. The summed E-state index contributed by atoms with van der Waals surface area (Å²) in [5.41, 5.74) is 3.54. The van der Waals surface area contributed by atoms with Gasteiger partial charge >= 0.3 is 0 Å². The van der Waals surface area contributed by atoms with Crippen LogP contribution in [0.5, 0.6) is 0 Å². The molecule has 1 heteroatoms. The Hall–Kier alpha value is -2.54. The second-order valence-corrected chi connectivity index (χ2v) is 4.51. The molecule has 0 spiro atoms. The number of hydrogen-bond acceptors (Lipinski definition) is 1. The normalized spacial score (nSPS) is 11.1. The number of aryl methyl sites for hydroxylation is 1. The highest BCUT2D eigenvalue weighted by Gasteiger charge is 2.05. The van der Waals surface area contributed by atoms with Crippen molar-refractivity contribution in [2.24, 2.45) is 0 Å². The second kappa shape index (κ2) is 7.15. The molecule has 0 aliphatic heterocycles. The van der Waals surface area contributed by atoms with Crippen LogP contribution < -0.4 is 4.90 Å². The predicted molar refractivity (Wildman–Crippen MR) is 88.2 cm³/mol. The molecule has 0 aliphatic rings. The summed E-state index contributed by atoms with van der Waals surface area (Å²) in [6.45, 7) is 5.78. The third kappa shape index (κ3) is 3.72. The molecule has 2 aromatic rings. The largest absolute Gasteiger partial charge is 0.317 e. The minimum atomic E-state index is 1.14. The van der Waals surface area contributed by atoms with Crippen molar-refractivity contribution in [1.29, 1.82) is 0 Å². The fourth-order valence-corrected chi connectivity index (χ4v) is 1.97. The van der Waals surface area contributed by atoms with E-state index in [0.717, 1.165) is 11.4 Å². The Morgan fingerprint density at radius 2 is 1.60 bits per heavy atom. The van der Waals surface area contributed by atoms with Gasteiger partial charge in [0.15, 0.2) is 0 Å². The van der Waals surface area contributed by atoms with Crippen LogP contribution >= 0.6 is 0 Å². The van der Waals surface area contributed by atoms with E-state index in [4.69, 9.17) is 0 Å². The van der Waals surface area contributed by atoms with E-state index in [1.54, 1.807) is 6.08 Å². The summed E-state index contributed by atoms with van der Waals surface area (Å²) in [7, 11) is 0. The molecule has 0 unspecified atom stereocenters. The van der Waals surface area contributed by atoms with Gasteiger partial charge in [0.05, 0.1) is 0 Å². The molecular weight excluding hydrogens is 242 g/mol. The summed E-state index contributed by atoms with van der Waals surface area (Å²) in [6, 6.07) is 18.8. The molecule has 0 amide bonds. The van der Waals surface area contributed by atoms with E-state index in [1.807, 2.05) is 36.4 Å². The highest BCUT2D eigenvalue weighted by Crippen LogP contribution is 2.26. The van der Waals surface area contributed by atoms with E-state index < -0.39 is 0 Å². The predicted octanol–water partition coefficient (Wildman–Crippen LogP) is 5.39. The van der Waals surface area contributed by atoms with Gasteiger partial charge in [-0.2, -0.15) is 0 Å². The van der Waals surface area contributed by atoms with Gasteiger partial charge in [-0.25, -0.2) is 0 Å². The molecule has 0 aliphatic carbocycles. The Balaban J connectivity index is 2.36. The number of allylic oxidation sites excluding steroid dienone is 4. The standard InChI is InChI=1S/C19H19N/c1-3-4-5-9-15-20(18-12-7-6-8-13-18)19-14-10-11-17(2)16-19/h3-16H,1H2,2H3/b5-4-,15-9-. The zero-order valence-electron chi connectivity index (χ0n) is 11.7. The van der Waals surface area contributed by atoms with Gasteiger partial charge in [-0.05, 0) is 42.8 Å². The zero-order valence-corrected chi connectivity index (χ0v) is 11.7. The van der Waals surface area contributed by atoms with Crippen LogP contribution in [0.2, 0.25) is 0 Å². The van der Waals surface area contributed by atoms with Crippen LogP contribution in [0.3, 0.4) is 0 Å². The maximum absolute atomic E-state index is 3.67. The Labute approximate surface area is 121 Å². The van der Waals surface area contributed by atoms with Crippen LogP contribution in [0.25, 0.3) is 0 Å². The van der Waals surface area contributed by atoms with Crippen molar-refractivity contribution >= 4 is 11.4 Å². The second-order valence-electron chi connectivity index (χ2n) is 4.51. The molecule has 0 heterocycles. The lowest BCUT2D eigenvalue weighted by molar-refractivity contribution is 1.27. The van der Waals surface area contributed by atoms with E-state index in [0.29, 0.717) is 0 Å². The van der Waals surface area contributed by atoms with Crippen molar-refractivity contribution in [1.82, 2.24) is 0 Å². The zero-order chi connectivity index (χ0) is 14.2. The van der Waals surface area contributed by atoms with Gasteiger partial charge in [-0.3, -0.25) is 0 Å². The van der Waals surface area contributed by atoms with Gasteiger partial charge in [0.1, 0.15) is 0 Å². The molecule has 0 saturated heterocycles. The van der Waals surface area contributed by atoms with E-state index in [-0.39, 0.29) is 0 Å². The van der Waals surface area contributed by atoms with Gasteiger partial charge in [0.2, 0.25) is 0 Å². The highest BCUT2D eigenvalue weighted by atomic mass is 15.1. The van der Waals surface area contributed by atoms with Crippen LogP contribution in [0.1, 0.15) is 5.56 Å². The van der Waals surface area contributed by atoms with Crippen LogP contribution in [0.15, 0.2) is 91.7 Å². The maximum atomic E-state index is 3.67. The number of para-hydroxylation sites is 1. The van der Waals surface area contributed by atoms with Crippen LogP contribution in [-0.2, 0) is 0 Å². The van der Waals surface area contributed by atoms with Crippen molar-refractivity contribution in [3.05, 3.63) is 97.2 Å². The first-order valence-corrected chi connectivity index (χ1v) is 6.68. The quantitative estimate of drug-likeness (QED) is 0.652. The number of anilines is 2. The summed E-state index contributed by atoms with van der Waals surface area (Å²) in [5, 5.41) is 0. The fraction of sp³-hybridized carbons (Fsp3) is 0.0526. The summed E-state index contributed by atoms with van der Waals surface area (Å²) in [5.74, 6) is 0. The summed E-state index contributed by atoms with van der Waals surface area (Å²) >= 11 is 0. The van der Waals surface area contributed by atoms with Crippen molar-refractivity contribution in [2.45, 2.75) is 6.92 Å². The molecule has 0 bridgehead atoms. The first-order valence-electron chi connectivity index (χ1n) is 6.68. The third-order valence-corrected chi connectivity index (χ3v) is 2.91. The van der Waals surface area contributed by atoms with E-state index >= 15 is 0 Å². The summed E-state index contributed by atoms with van der Waals surface area (Å²) < 4.78 is 0. The molecule has 0 atom stereocenters. The molecule has 0 saturated carbocycles. The summed E-state index contributed by atoms with van der Waals surface area (Å²) in [4.78, 5) is 2.17. The SMILES string of the molecule is C=C/C=C\C=C/N(c1ccccc1)c1cccc(C)c1. The average Bonchev–Trinajstić information content (AvgIpc) is 2.48. The van der Waals surface area contributed by atoms with Crippen molar-refractivity contribution in [2.75, 3.05) is 4.90 Å². The van der Waals surface area contributed by atoms with E-state index in [2.05, 4.69) is 61.0 Å². The monoisotopic (exact) mass is 261 g/mol. The average molecular weight is 261 g/mol. The molecular formula is C19H19N. The fourth-order valence-electron chi connectivity index (χ4n) is 1.97. The molecule has 2 aromatic carbocycles. The topological polar surface area (TPSA) is 3.24 Å². The van der Waals surface area contributed by atoms with Crippen molar-refractivity contribution in [3.8, 4) is 0 Å². The van der Waals surface area contributed by atoms with Gasteiger partial charge in [0, 0.05) is 17.6 Å². The van der Waals surface area contributed by atoms with Crippen LogP contribution in [0, 0.1) is 6.92 Å². The van der Waals surface area contributed by atoms with Gasteiger partial charge in [-0.15, -0.1) is 0 Å². The molecule has 20 heavy (non-hydrogen) atoms. The highest BCUT2D eigenvalue weighted by molar-refractivity contribution is 5.66. The minimum absolute atomic E-state index is 1.14. The molecule has 0 aromatic heterocycles. The van der Waals surface area contributed by atoms with Crippen molar-refractivity contribution in [3.63, 3.8) is 0 Å². The number of nitrogens with zero attached hydrogens (tertiary/aromatic N) is 1. The van der Waals surface area contributed by atoms with E-state index in [9.17, 15) is 0 Å². The lowest BCUT2D eigenvalue weighted by atomic mass is 10.2. The Morgan fingerprint density at radius 1 is 0.850 bits per heavy atom. The lowest BCUT2D eigenvalue weighted by Gasteiger charge is -2.21. The lowest BCUT2D eigenvalue weighted by Crippen LogP contribution is -2.08. The molecule has 2 rings (SSSR count). The number of rotatable bonds is 5. The Kier molecular flexibility index (Phi) is 4.96. The van der Waals surface area contributed by atoms with E-state index in [1.165, 1.54) is 5.56 Å². The molecule has 0 radical (unpaired) electrons. The van der Waals surface area contributed by atoms with Crippen molar-refractivity contribution < 1.29 is 0 Å². The third-order valence-electron chi connectivity index (χ3n) is 2.91. The molecule has 0 fully saturated rings. The smallest absolute Gasteiger partial charge is 0.0458 e. The van der Waals surface area contributed by atoms with Gasteiger partial charge < -0.3 is 4.90 Å².